The number of rotatable bonds is 5. The number of furan rings is 1. The van der Waals surface area contributed by atoms with Crippen LogP contribution in [0.4, 0.5) is 10.5 Å². The van der Waals surface area contributed by atoms with Crippen LogP contribution in [0.3, 0.4) is 0 Å². The maximum atomic E-state index is 12.5. The Morgan fingerprint density at radius 2 is 1.93 bits per heavy atom. The fraction of sp³-hybridized carbons (Fsp3) is 0.350. The second kappa shape index (κ2) is 8.60. The van der Waals surface area contributed by atoms with Crippen molar-refractivity contribution in [2.24, 2.45) is 11.7 Å². The minimum Gasteiger partial charge on any atom is -0.459 e. The van der Waals surface area contributed by atoms with Gasteiger partial charge in [0.1, 0.15) is 0 Å². The van der Waals surface area contributed by atoms with Crippen molar-refractivity contribution in [1.82, 2.24) is 10.2 Å². The molecule has 3 rings (SSSR count). The molecule has 2 atom stereocenters. The molecule has 1 saturated heterocycles. The number of urea groups is 1. The number of carbonyl (C=O) groups is 3. The van der Waals surface area contributed by atoms with Gasteiger partial charge < -0.3 is 25.7 Å². The van der Waals surface area contributed by atoms with Gasteiger partial charge in [-0.1, -0.05) is 12.1 Å². The Labute approximate surface area is 163 Å². The van der Waals surface area contributed by atoms with E-state index in [4.69, 9.17) is 10.2 Å². The minimum absolute atomic E-state index is 0.0646. The highest BCUT2D eigenvalue weighted by atomic mass is 16.3. The number of nitrogens with two attached hydrogens (primary N) is 1. The van der Waals surface area contributed by atoms with Crippen molar-refractivity contribution >= 4 is 23.5 Å². The molecule has 0 unspecified atom stereocenters. The maximum absolute atomic E-state index is 12.5. The van der Waals surface area contributed by atoms with Gasteiger partial charge in [0.25, 0.3) is 5.91 Å². The molecule has 148 valence electrons. The van der Waals surface area contributed by atoms with Crippen LogP contribution in [0.25, 0.3) is 0 Å². The summed E-state index contributed by atoms with van der Waals surface area (Å²) < 4.78 is 5.05. The lowest BCUT2D eigenvalue weighted by Gasteiger charge is -2.36. The fourth-order valence-electron chi connectivity index (χ4n) is 3.21. The summed E-state index contributed by atoms with van der Waals surface area (Å²) in [4.78, 5) is 37.5. The summed E-state index contributed by atoms with van der Waals surface area (Å²) in [6, 6.07) is 10.3. The summed E-state index contributed by atoms with van der Waals surface area (Å²) in [5.41, 5.74) is 6.91. The highest BCUT2D eigenvalue weighted by Gasteiger charge is 2.31. The van der Waals surface area contributed by atoms with Crippen LogP contribution in [-0.4, -0.2) is 35.3 Å². The van der Waals surface area contributed by atoms with Crippen molar-refractivity contribution in [3.05, 3.63) is 54.0 Å². The van der Waals surface area contributed by atoms with E-state index in [2.05, 4.69) is 10.6 Å². The summed E-state index contributed by atoms with van der Waals surface area (Å²) in [5, 5.41) is 5.61. The lowest BCUT2D eigenvalue weighted by atomic mass is 9.93. The molecule has 1 fully saturated rings. The third kappa shape index (κ3) is 4.70. The van der Waals surface area contributed by atoms with Gasteiger partial charge in [-0.3, -0.25) is 9.59 Å². The molecule has 1 aromatic heterocycles. The Kier molecular flexibility index (Phi) is 5.98. The molecule has 0 bridgehead atoms. The number of amides is 4. The second-order valence-corrected chi connectivity index (χ2v) is 6.97. The summed E-state index contributed by atoms with van der Waals surface area (Å²) in [5.74, 6) is -0.744. The number of primary amides is 1. The fourth-order valence-corrected chi connectivity index (χ4v) is 3.21. The Balaban J connectivity index is 1.52. The zero-order chi connectivity index (χ0) is 20.1. The van der Waals surface area contributed by atoms with Crippen LogP contribution in [0.1, 0.15) is 35.9 Å². The first kappa shape index (κ1) is 19.5. The van der Waals surface area contributed by atoms with E-state index in [1.807, 2.05) is 19.1 Å². The van der Waals surface area contributed by atoms with Gasteiger partial charge in [0, 0.05) is 24.8 Å². The van der Waals surface area contributed by atoms with Gasteiger partial charge in [0.05, 0.1) is 12.2 Å². The first-order valence-electron chi connectivity index (χ1n) is 9.21. The zero-order valence-electron chi connectivity index (χ0n) is 15.7. The normalized spacial score (nSPS) is 19.1. The first-order valence-corrected chi connectivity index (χ1v) is 9.21. The summed E-state index contributed by atoms with van der Waals surface area (Å²) in [6.07, 6.45) is 2.91. The highest BCUT2D eigenvalue weighted by Crippen LogP contribution is 2.21. The lowest BCUT2D eigenvalue weighted by Crippen LogP contribution is -2.51. The van der Waals surface area contributed by atoms with Crippen LogP contribution in [0.2, 0.25) is 0 Å². The van der Waals surface area contributed by atoms with Gasteiger partial charge in [-0.2, -0.15) is 0 Å². The molecule has 28 heavy (non-hydrogen) atoms. The summed E-state index contributed by atoms with van der Waals surface area (Å²) in [7, 11) is 0. The predicted molar refractivity (Wildman–Crippen MR) is 103 cm³/mol. The van der Waals surface area contributed by atoms with E-state index in [0.29, 0.717) is 25.2 Å². The van der Waals surface area contributed by atoms with Crippen LogP contribution >= 0.6 is 0 Å². The number of likely N-dealkylation sites (tertiary alicyclic amines) is 1. The Morgan fingerprint density at radius 3 is 2.57 bits per heavy atom. The van der Waals surface area contributed by atoms with Crippen LogP contribution in [-0.2, 0) is 11.3 Å². The SMILES string of the molecule is C[C@@H]1CC[C@H](C(N)=O)CN1C(=O)NCc1ccc(NC(=O)c2ccco2)cc1. The van der Waals surface area contributed by atoms with Gasteiger partial charge in [0.15, 0.2) is 5.76 Å². The number of anilines is 1. The molecule has 0 aliphatic carbocycles. The Bertz CT molecular complexity index is 832. The van der Waals surface area contributed by atoms with Crippen molar-refractivity contribution < 1.29 is 18.8 Å². The van der Waals surface area contributed by atoms with E-state index in [0.717, 1.165) is 12.0 Å². The zero-order valence-corrected chi connectivity index (χ0v) is 15.7. The van der Waals surface area contributed by atoms with E-state index in [1.165, 1.54) is 6.26 Å². The van der Waals surface area contributed by atoms with Gasteiger partial charge in [0.2, 0.25) is 5.91 Å². The third-order valence-electron chi connectivity index (χ3n) is 4.95. The van der Waals surface area contributed by atoms with Gasteiger partial charge in [-0.15, -0.1) is 0 Å². The van der Waals surface area contributed by atoms with Gasteiger partial charge in [-0.25, -0.2) is 4.79 Å². The van der Waals surface area contributed by atoms with Crippen LogP contribution in [0.5, 0.6) is 0 Å². The molecule has 8 nitrogen and oxygen atoms in total. The van der Waals surface area contributed by atoms with E-state index >= 15 is 0 Å². The highest BCUT2D eigenvalue weighted by molar-refractivity contribution is 6.02. The predicted octanol–water partition coefficient (Wildman–Crippen LogP) is 2.33. The van der Waals surface area contributed by atoms with E-state index in [1.54, 1.807) is 29.2 Å². The van der Waals surface area contributed by atoms with Crippen LogP contribution in [0, 0.1) is 5.92 Å². The topological polar surface area (TPSA) is 118 Å². The Hall–Kier alpha value is -3.29. The number of piperidine rings is 1. The van der Waals surface area contributed by atoms with Crippen molar-refractivity contribution in [3.63, 3.8) is 0 Å². The summed E-state index contributed by atoms with van der Waals surface area (Å²) in [6.45, 7) is 2.66. The monoisotopic (exact) mass is 384 g/mol. The number of hydrogen-bond donors (Lipinski definition) is 3. The molecule has 1 aromatic carbocycles. The molecule has 0 spiro atoms. The van der Waals surface area contributed by atoms with Gasteiger partial charge in [-0.05, 0) is 49.6 Å². The molecule has 2 heterocycles. The molecular weight excluding hydrogens is 360 g/mol. The van der Waals surface area contributed by atoms with Gasteiger partial charge >= 0.3 is 6.03 Å². The van der Waals surface area contributed by atoms with E-state index < -0.39 is 0 Å². The molecule has 8 heteroatoms. The van der Waals surface area contributed by atoms with Crippen molar-refractivity contribution in [1.29, 1.82) is 0 Å². The molecule has 2 aromatic rings. The average molecular weight is 384 g/mol. The molecule has 1 aliphatic heterocycles. The second-order valence-electron chi connectivity index (χ2n) is 6.97. The van der Waals surface area contributed by atoms with Crippen LogP contribution in [0.15, 0.2) is 47.1 Å². The maximum Gasteiger partial charge on any atom is 0.317 e. The molecule has 0 saturated carbocycles. The molecule has 0 radical (unpaired) electrons. The molecule has 4 amide bonds. The van der Waals surface area contributed by atoms with Crippen molar-refractivity contribution in [3.8, 4) is 0 Å². The largest absolute Gasteiger partial charge is 0.459 e. The quantitative estimate of drug-likeness (QED) is 0.733. The molecule has 4 N–H and O–H groups in total. The minimum atomic E-state index is -0.364. The lowest BCUT2D eigenvalue weighted by molar-refractivity contribution is -0.123. The number of benzene rings is 1. The van der Waals surface area contributed by atoms with E-state index in [-0.39, 0.29) is 35.6 Å². The summed E-state index contributed by atoms with van der Waals surface area (Å²) >= 11 is 0. The molecular formula is C20H24N4O4. The number of carbonyl (C=O) groups excluding carboxylic acids is 3. The van der Waals surface area contributed by atoms with Crippen LogP contribution < -0.4 is 16.4 Å². The van der Waals surface area contributed by atoms with Crippen molar-refractivity contribution in [2.75, 3.05) is 11.9 Å². The van der Waals surface area contributed by atoms with E-state index in [9.17, 15) is 14.4 Å². The number of hydrogen-bond acceptors (Lipinski definition) is 4. The first-order chi connectivity index (χ1) is 13.4. The number of nitrogens with one attached hydrogen (secondary N) is 2. The Morgan fingerprint density at radius 1 is 1.18 bits per heavy atom. The number of nitrogens with zero attached hydrogens (tertiary/aromatic N) is 1. The third-order valence-corrected chi connectivity index (χ3v) is 4.95. The van der Waals surface area contributed by atoms with Crippen molar-refractivity contribution in [2.45, 2.75) is 32.4 Å². The molecule has 1 aliphatic rings. The smallest absolute Gasteiger partial charge is 0.317 e. The average Bonchev–Trinajstić information content (AvgIpc) is 3.22. The standard InChI is InChI=1S/C20H24N4O4/c1-13-4-7-15(18(21)25)12-24(13)20(27)22-11-14-5-8-16(9-6-14)23-19(26)17-3-2-10-28-17/h2-3,5-6,8-10,13,15H,4,7,11-12H2,1H3,(H2,21,25)(H,22,27)(H,23,26)/t13-,15+/m1/s1.